The van der Waals surface area contributed by atoms with Gasteiger partial charge >= 0.3 is 5.97 Å². The maximum absolute atomic E-state index is 11.5. The molecule has 0 saturated heterocycles. The van der Waals surface area contributed by atoms with E-state index in [-0.39, 0.29) is 5.56 Å². The van der Waals surface area contributed by atoms with Crippen LogP contribution in [-0.2, 0) is 6.42 Å². The average molecular weight is 223 g/mol. The van der Waals surface area contributed by atoms with Gasteiger partial charge in [-0.15, -0.1) is 0 Å². The van der Waals surface area contributed by atoms with Crippen molar-refractivity contribution in [2.45, 2.75) is 34.1 Å². The van der Waals surface area contributed by atoms with E-state index < -0.39 is 11.5 Å². The molecule has 0 radical (unpaired) electrons. The predicted octanol–water partition coefficient (Wildman–Crippen LogP) is 1.89. The largest absolute Gasteiger partial charge is 0.477 e. The number of carbonyl (C=O) groups is 1. The van der Waals surface area contributed by atoms with Gasteiger partial charge in [-0.1, -0.05) is 13.8 Å². The lowest BCUT2D eigenvalue weighted by molar-refractivity contribution is 0.0694. The van der Waals surface area contributed by atoms with Crippen molar-refractivity contribution in [3.63, 3.8) is 0 Å². The van der Waals surface area contributed by atoms with Crippen LogP contribution < -0.4 is 5.56 Å². The molecule has 4 heteroatoms. The third-order valence-electron chi connectivity index (χ3n) is 2.63. The summed E-state index contributed by atoms with van der Waals surface area (Å²) in [7, 11) is 0. The van der Waals surface area contributed by atoms with E-state index in [0.717, 1.165) is 17.7 Å². The van der Waals surface area contributed by atoms with Crippen molar-refractivity contribution < 1.29 is 9.90 Å². The van der Waals surface area contributed by atoms with Gasteiger partial charge in [0.25, 0.3) is 5.56 Å². The first-order valence-corrected chi connectivity index (χ1v) is 5.30. The average Bonchev–Trinajstić information content (AvgIpc) is 2.10. The number of nitrogens with one attached hydrogen (secondary N) is 1. The summed E-state index contributed by atoms with van der Waals surface area (Å²) < 4.78 is 0. The molecule has 0 atom stereocenters. The van der Waals surface area contributed by atoms with E-state index in [4.69, 9.17) is 5.11 Å². The van der Waals surface area contributed by atoms with Gasteiger partial charge in [0, 0.05) is 5.69 Å². The van der Waals surface area contributed by atoms with Crippen molar-refractivity contribution in [3.05, 3.63) is 32.7 Å². The number of pyridine rings is 1. The van der Waals surface area contributed by atoms with Crippen LogP contribution >= 0.6 is 0 Å². The number of rotatable bonds is 3. The van der Waals surface area contributed by atoms with Crippen LogP contribution in [0.4, 0.5) is 0 Å². The van der Waals surface area contributed by atoms with Gasteiger partial charge in [-0.05, 0) is 37.3 Å². The third-order valence-corrected chi connectivity index (χ3v) is 2.63. The standard InChI is InChI=1S/C12H17NO3/c1-6(2)5-9-7(3)10(12(15)16)11(14)13-8(9)4/h6H,5H2,1-4H3,(H,13,14)(H,15,16). The van der Waals surface area contributed by atoms with Crippen LogP contribution in [0.5, 0.6) is 0 Å². The molecule has 1 aromatic heterocycles. The van der Waals surface area contributed by atoms with Crippen molar-refractivity contribution in [3.8, 4) is 0 Å². The van der Waals surface area contributed by atoms with Crippen molar-refractivity contribution in [1.82, 2.24) is 4.98 Å². The monoisotopic (exact) mass is 223 g/mol. The number of carboxylic acids is 1. The molecule has 0 amide bonds. The highest BCUT2D eigenvalue weighted by molar-refractivity contribution is 5.89. The van der Waals surface area contributed by atoms with Crippen LogP contribution in [0.3, 0.4) is 0 Å². The molecule has 0 aliphatic heterocycles. The van der Waals surface area contributed by atoms with Crippen LogP contribution in [-0.4, -0.2) is 16.1 Å². The smallest absolute Gasteiger partial charge is 0.341 e. The molecular weight excluding hydrogens is 206 g/mol. The van der Waals surface area contributed by atoms with Gasteiger partial charge in [-0.3, -0.25) is 4.79 Å². The van der Waals surface area contributed by atoms with Crippen LogP contribution in [0, 0.1) is 19.8 Å². The van der Waals surface area contributed by atoms with Gasteiger partial charge in [-0.25, -0.2) is 4.79 Å². The lowest BCUT2D eigenvalue weighted by Gasteiger charge is -2.13. The predicted molar refractivity (Wildman–Crippen MR) is 62.0 cm³/mol. The Hall–Kier alpha value is -1.58. The fourth-order valence-electron chi connectivity index (χ4n) is 1.88. The molecule has 0 aliphatic rings. The molecule has 0 unspecified atom stereocenters. The molecule has 4 nitrogen and oxygen atoms in total. The van der Waals surface area contributed by atoms with Gasteiger partial charge in [0.15, 0.2) is 0 Å². The lowest BCUT2D eigenvalue weighted by Crippen LogP contribution is -2.23. The number of hydrogen-bond acceptors (Lipinski definition) is 2. The van der Waals surface area contributed by atoms with Gasteiger partial charge in [-0.2, -0.15) is 0 Å². The Morgan fingerprint density at radius 1 is 1.38 bits per heavy atom. The molecule has 1 heterocycles. The fraction of sp³-hybridized carbons (Fsp3) is 0.500. The Morgan fingerprint density at radius 2 is 1.94 bits per heavy atom. The van der Waals surface area contributed by atoms with E-state index in [1.807, 2.05) is 0 Å². The summed E-state index contributed by atoms with van der Waals surface area (Å²) in [6, 6.07) is 0. The minimum atomic E-state index is -1.16. The summed E-state index contributed by atoms with van der Waals surface area (Å²) in [5, 5.41) is 8.98. The Morgan fingerprint density at radius 3 is 2.38 bits per heavy atom. The van der Waals surface area contributed by atoms with Crippen molar-refractivity contribution in [1.29, 1.82) is 0 Å². The lowest BCUT2D eigenvalue weighted by atomic mass is 9.95. The van der Waals surface area contributed by atoms with Crippen LogP contribution in [0.2, 0.25) is 0 Å². The molecule has 0 fully saturated rings. The quantitative estimate of drug-likeness (QED) is 0.822. The molecule has 0 saturated carbocycles. The Balaban J connectivity index is 3.45. The highest BCUT2D eigenvalue weighted by Crippen LogP contribution is 2.17. The zero-order chi connectivity index (χ0) is 12.5. The highest BCUT2D eigenvalue weighted by Gasteiger charge is 2.17. The van der Waals surface area contributed by atoms with Gasteiger partial charge in [0.2, 0.25) is 0 Å². The van der Waals surface area contributed by atoms with E-state index in [9.17, 15) is 9.59 Å². The molecular formula is C12H17NO3. The minimum absolute atomic E-state index is 0.138. The molecule has 0 bridgehead atoms. The van der Waals surface area contributed by atoms with E-state index >= 15 is 0 Å². The second-order valence-corrected chi connectivity index (χ2v) is 4.46. The first-order valence-electron chi connectivity index (χ1n) is 5.30. The van der Waals surface area contributed by atoms with Gasteiger partial charge in [0.1, 0.15) is 5.56 Å². The first-order chi connectivity index (χ1) is 7.34. The van der Waals surface area contributed by atoms with Crippen LogP contribution in [0.25, 0.3) is 0 Å². The number of carboxylic acid groups (broad SMARTS) is 1. The highest BCUT2D eigenvalue weighted by atomic mass is 16.4. The first kappa shape index (κ1) is 12.5. The second-order valence-electron chi connectivity index (χ2n) is 4.46. The molecule has 1 aromatic rings. The molecule has 0 aliphatic carbocycles. The number of aromatic carboxylic acids is 1. The normalized spacial score (nSPS) is 10.8. The summed E-state index contributed by atoms with van der Waals surface area (Å²) >= 11 is 0. The van der Waals surface area contributed by atoms with E-state index in [0.29, 0.717) is 11.5 Å². The topological polar surface area (TPSA) is 70.2 Å². The third kappa shape index (κ3) is 2.32. The Labute approximate surface area is 94.3 Å². The van der Waals surface area contributed by atoms with Crippen molar-refractivity contribution in [2.24, 2.45) is 5.92 Å². The summed E-state index contributed by atoms with van der Waals surface area (Å²) in [5.41, 5.74) is 1.63. The molecule has 2 N–H and O–H groups in total. The molecule has 88 valence electrons. The minimum Gasteiger partial charge on any atom is -0.477 e. The summed E-state index contributed by atoms with van der Waals surface area (Å²) in [5.74, 6) is -0.742. The maximum atomic E-state index is 11.5. The van der Waals surface area contributed by atoms with E-state index in [2.05, 4.69) is 18.8 Å². The molecule has 1 rings (SSSR count). The zero-order valence-electron chi connectivity index (χ0n) is 10.0. The summed E-state index contributed by atoms with van der Waals surface area (Å²) in [6.45, 7) is 7.62. The van der Waals surface area contributed by atoms with Crippen molar-refractivity contribution >= 4 is 5.97 Å². The molecule has 0 spiro atoms. The SMILES string of the molecule is Cc1[nH]c(=O)c(C(=O)O)c(C)c1CC(C)C. The van der Waals surface area contributed by atoms with Crippen LogP contribution in [0.1, 0.15) is 41.0 Å². The Kier molecular flexibility index (Phi) is 3.52. The maximum Gasteiger partial charge on any atom is 0.341 e. The summed E-state index contributed by atoms with van der Waals surface area (Å²) in [6.07, 6.45) is 0.773. The van der Waals surface area contributed by atoms with E-state index in [1.165, 1.54) is 0 Å². The number of aromatic amines is 1. The zero-order valence-corrected chi connectivity index (χ0v) is 10.0. The number of aromatic nitrogens is 1. The molecule has 16 heavy (non-hydrogen) atoms. The number of aryl methyl sites for hydroxylation is 1. The fourth-order valence-corrected chi connectivity index (χ4v) is 1.88. The van der Waals surface area contributed by atoms with Gasteiger partial charge < -0.3 is 10.1 Å². The van der Waals surface area contributed by atoms with E-state index in [1.54, 1.807) is 13.8 Å². The summed E-state index contributed by atoms with van der Waals surface area (Å²) in [4.78, 5) is 25.1. The van der Waals surface area contributed by atoms with Crippen LogP contribution in [0.15, 0.2) is 4.79 Å². The van der Waals surface area contributed by atoms with Crippen molar-refractivity contribution in [2.75, 3.05) is 0 Å². The number of hydrogen-bond donors (Lipinski definition) is 2. The molecule has 0 aromatic carbocycles. The second kappa shape index (κ2) is 4.51. The van der Waals surface area contributed by atoms with Gasteiger partial charge in [0.05, 0.1) is 0 Å². The Bertz CT molecular complexity index is 472. The number of H-pyrrole nitrogens is 1.